The van der Waals surface area contributed by atoms with E-state index in [1.54, 1.807) is 0 Å². The average molecular weight is 302 g/mol. The van der Waals surface area contributed by atoms with Gasteiger partial charge in [-0.25, -0.2) is 4.98 Å². The molecule has 4 nitrogen and oxygen atoms in total. The number of nitrogen functional groups attached to an aromatic ring is 1. The number of alkyl halides is 3. The molecule has 1 unspecified atom stereocenters. The summed E-state index contributed by atoms with van der Waals surface area (Å²) in [6.07, 6.45) is -0.799. The molecule has 3 N–H and O–H groups in total. The zero-order chi connectivity index (χ0) is 15.5. The van der Waals surface area contributed by atoms with Crippen LogP contribution in [0.2, 0.25) is 0 Å². The van der Waals surface area contributed by atoms with Crippen LogP contribution in [0.15, 0.2) is 12.1 Å². The van der Waals surface area contributed by atoms with Crippen molar-refractivity contribution in [1.82, 2.24) is 9.88 Å². The van der Waals surface area contributed by atoms with Crippen LogP contribution >= 0.6 is 0 Å². The number of pyridine rings is 1. The quantitative estimate of drug-likeness (QED) is 0.898. The largest absolute Gasteiger partial charge is 0.416 e. The molecular formula is C14H21F3N4. The number of nitrogens with zero attached hydrogens (tertiary/aromatic N) is 2. The van der Waals surface area contributed by atoms with Crippen molar-refractivity contribution in [3.63, 3.8) is 0 Å². The first kappa shape index (κ1) is 15.9. The molecule has 7 heteroatoms. The molecule has 1 aliphatic rings. The number of anilines is 2. The fraction of sp³-hybridized carbons (Fsp3) is 0.643. The van der Waals surface area contributed by atoms with E-state index in [0.717, 1.165) is 25.2 Å². The third-order valence-corrected chi connectivity index (χ3v) is 3.77. The number of halogens is 3. The summed E-state index contributed by atoms with van der Waals surface area (Å²) in [5, 5.41) is 2.96. The smallest absolute Gasteiger partial charge is 0.384 e. The van der Waals surface area contributed by atoms with E-state index < -0.39 is 11.7 Å². The maximum atomic E-state index is 12.7. The van der Waals surface area contributed by atoms with E-state index in [1.807, 2.05) is 0 Å². The van der Waals surface area contributed by atoms with Gasteiger partial charge in [-0.3, -0.25) is 4.90 Å². The molecule has 0 bridgehead atoms. The van der Waals surface area contributed by atoms with Crippen LogP contribution in [0.1, 0.15) is 31.7 Å². The van der Waals surface area contributed by atoms with Crippen molar-refractivity contribution in [3.8, 4) is 0 Å². The van der Waals surface area contributed by atoms with Crippen molar-refractivity contribution in [2.45, 2.75) is 38.4 Å². The van der Waals surface area contributed by atoms with Gasteiger partial charge >= 0.3 is 6.18 Å². The van der Waals surface area contributed by atoms with Gasteiger partial charge in [-0.1, -0.05) is 6.42 Å². The zero-order valence-corrected chi connectivity index (χ0v) is 12.1. The van der Waals surface area contributed by atoms with Gasteiger partial charge in [-0.05, 0) is 45.0 Å². The number of aromatic nitrogens is 1. The first-order chi connectivity index (χ1) is 9.86. The molecule has 0 saturated carbocycles. The Labute approximate surface area is 122 Å². The fourth-order valence-corrected chi connectivity index (χ4v) is 2.55. The Hall–Kier alpha value is -1.50. The van der Waals surface area contributed by atoms with Gasteiger partial charge < -0.3 is 11.1 Å². The summed E-state index contributed by atoms with van der Waals surface area (Å²) in [7, 11) is 0. The molecule has 1 saturated heterocycles. The number of hydrogen-bond donors (Lipinski definition) is 2. The van der Waals surface area contributed by atoms with Gasteiger partial charge in [0.15, 0.2) is 0 Å². The summed E-state index contributed by atoms with van der Waals surface area (Å²) in [6, 6.07) is 2.10. The van der Waals surface area contributed by atoms with Crippen LogP contribution in [-0.2, 0) is 6.18 Å². The third-order valence-electron chi connectivity index (χ3n) is 3.77. The highest BCUT2D eigenvalue weighted by atomic mass is 19.4. The molecule has 1 aromatic rings. The van der Waals surface area contributed by atoms with E-state index in [4.69, 9.17) is 5.73 Å². The molecule has 2 heterocycles. The van der Waals surface area contributed by atoms with Crippen molar-refractivity contribution in [2.24, 2.45) is 0 Å². The van der Waals surface area contributed by atoms with Gasteiger partial charge in [0.2, 0.25) is 0 Å². The highest BCUT2D eigenvalue weighted by Gasteiger charge is 2.31. The molecule has 0 aromatic carbocycles. The zero-order valence-electron chi connectivity index (χ0n) is 12.1. The lowest BCUT2D eigenvalue weighted by atomic mass is 10.1. The van der Waals surface area contributed by atoms with Crippen LogP contribution in [0, 0.1) is 0 Å². The second-order valence-corrected chi connectivity index (χ2v) is 5.49. The summed E-state index contributed by atoms with van der Waals surface area (Å²) >= 11 is 0. The molecule has 21 heavy (non-hydrogen) atoms. The Morgan fingerprint density at radius 3 is 2.57 bits per heavy atom. The molecule has 0 radical (unpaired) electrons. The van der Waals surface area contributed by atoms with Crippen LogP contribution < -0.4 is 11.1 Å². The summed E-state index contributed by atoms with van der Waals surface area (Å²) in [5.74, 6) is 0.0455. The van der Waals surface area contributed by atoms with E-state index in [-0.39, 0.29) is 17.7 Å². The Balaban J connectivity index is 1.97. The highest BCUT2D eigenvalue weighted by Crippen LogP contribution is 2.31. The van der Waals surface area contributed by atoms with E-state index in [9.17, 15) is 13.2 Å². The van der Waals surface area contributed by atoms with Gasteiger partial charge in [-0.15, -0.1) is 0 Å². The van der Waals surface area contributed by atoms with Crippen molar-refractivity contribution in [1.29, 1.82) is 0 Å². The predicted molar refractivity (Wildman–Crippen MR) is 77.0 cm³/mol. The van der Waals surface area contributed by atoms with Crippen LogP contribution in [-0.4, -0.2) is 35.6 Å². The number of piperidine rings is 1. The van der Waals surface area contributed by atoms with E-state index >= 15 is 0 Å². The van der Waals surface area contributed by atoms with Crippen LogP contribution in [0.4, 0.5) is 24.8 Å². The molecule has 2 rings (SSSR count). The lowest BCUT2D eigenvalue weighted by molar-refractivity contribution is -0.137. The van der Waals surface area contributed by atoms with Gasteiger partial charge in [0.25, 0.3) is 0 Å². The van der Waals surface area contributed by atoms with Crippen molar-refractivity contribution >= 4 is 11.6 Å². The topological polar surface area (TPSA) is 54.2 Å². The Morgan fingerprint density at radius 1 is 1.29 bits per heavy atom. The maximum absolute atomic E-state index is 12.7. The minimum Gasteiger partial charge on any atom is -0.384 e. The second-order valence-electron chi connectivity index (χ2n) is 5.49. The standard InChI is InChI=1S/C14H21F3N4/c1-10(21-5-3-2-4-6-21)9-19-13-8-11(14(15,16)17)7-12(18)20-13/h7-8,10H,2-6,9H2,1H3,(H3,18,19,20). The Bertz CT molecular complexity index is 470. The minimum absolute atomic E-state index is 0.127. The SMILES string of the molecule is CC(CNc1cc(C(F)(F)F)cc(N)n1)N1CCCCC1. The van der Waals surface area contributed by atoms with Gasteiger partial charge in [0.1, 0.15) is 11.6 Å². The number of nitrogens with one attached hydrogen (secondary N) is 1. The predicted octanol–water partition coefficient (Wildman–Crippen LogP) is 2.97. The molecule has 1 fully saturated rings. The number of rotatable bonds is 4. The highest BCUT2D eigenvalue weighted by molar-refractivity contribution is 5.47. The Morgan fingerprint density at radius 2 is 1.95 bits per heavy atom. The lowest BCUT2D eigenvalue weighted by Crippen LogP contribution is -2.41. The number of hydrogen-bond acceptors (Lipinski definition) is 4. The lowest BCUT2D eigenvalue weighted by Gasteiger charge is -2.32. The number of nitrogens with two attached hydrogens (primary N) is 1. The molecule has 0 spiro atoms. The van der Waals surface area contributed by atoms with E-state index in [0.29, 0.717) is 6.54 Å². The summed E-state index contributed by atoms with van der Waals surface area (Å²) < 4.78 is 38.2. The molecule has 0 aliphatic carbocycles. The van der Waals surface area contributed by atoms with Gasteiger partial charge in [-0.2, -0.15) is 13.2 Å². The van der Waals surface area contributed by atoms with Crippen molar-refractivity contribution in [3.05, 3.63) is 17.7 Å². The molecule has 1 aromatic heterocycles. The molecule has 0 amide bonds. The molecular weight excluding hydrogens is 281 g/mol. The van der Waals surface area contributed by atoms with Crippen LogP contribution in [0.25, 0.3) is 0 Å². The fourth-order valence-electron chi connectivity index (χ4n) is 2.55. The summed E-state index contributed by atoms with van der Waals surface area (Å²) in [6.45, 7) is 4.70. The molecule has 118 valence electrons. The number of likely N-dealkylation sites (tertiary alicyclic amines) is 1. The Kier molecular flexibility index (Phi) is 4.92. The maximum Gasteiger partial charge on any atom is 0.416 e. The van der Waals surface area contributed by atoms with Gasteiger partial charge in [0.05, 0.1) is 5.56 Å². The monoisotopic (exact) mass is 302 g/mol. The normalized spacial score (nSPS) is 18.5. The van der Waals surface area contributed by atoms with Crippen LogP contribution in [0.5, 0.6) is 0 Å². The second kappa shape index (κ2) is 6.51. The first-order valence-corrected chi connectivity index (χ1v) is 7.19. The summed E-state index contributed by atoms with van der Waals surface area (Å²) in [4.78, 5) is 6.25. The third kappa shape index (κ3) is 4.49. The molecule has 1 aliphatic heterocycles. The van der Waals surface area contributed by atoms with Crippen molar-refractivity contribution < 1.29 is 13.2 Å². The van der Waals surface area contributed by atoms with Crippen LogP contribution in [0.3, 0.4) is 0 Å². The molecule has 1 atom stereocenters. The average Bonchev–Trinajstić information content (AvgIpc) is 2.44. The van der Waals surface area contributed by atoms with E-state index in [2.05, 4.69) is 22.1 Å². The summed E-state index contributed by atoms with van der Waals surface area (Å²) in [5.41, 5.74) is 4.67. The van der Waals surface area contributed by atoms with Crippen molar-refractivity contribution in [2.75, 3.05) is 30.7 Å². The minimum atomic E-state index is -4.41. The first-order valence-electron chi connectivity index (χ1n) is 7.19. The van der Waals surface area contributed by atoms with E-state index in [1.165, 1.54) is 19.3 Å². The van der Waals surface area contributed by atoms with Gasteiger partial charge in [0, 0.05) is 12.6 Å².